The van der Waals surface area contributed by atoms with Gasteiger partial charge in [0.1, 0.15) is 11.4 Å². The van der Waals surface area contributed by atoms with Gasteiger partial charge in [-0.15, -0.1) is 0 Å². The second kappa shape index (κ2) is 8.97. The predicted octanol–water partition coefficient (Wildman–Crippen LogP) is 1.53. The maximum atomic E-state index is 12.7. The Morgan fingerprint density at radius 3 is 2.47 bits per heavy atom. The van der Waals surface area contributed by atoms with E-state index in [0.717, 1.165) is 27.3 Å². The van der Waals surface area contributed by atoms with Crippen molar-refractivity contribution in [1.82, 2.24) is 9.13 Å². The lowest BCUT2D eigenvalue weighted by atomic mass is 10.1. The van der Waals surface area contributed by atoms with Gasteiger partial charge in [0.05, 0.1) is 12.0 Å². The molecule has 2 aromatic rings. The van der Waals surface area contributed by atoms with Gasteiger partial charge in [0.2, 0.25) is 5.78 Å². The molecule has 2 rings (SSSR count). The normalized spacial score (nSPS) is 11.4. The van der Waals surface area contributed by atoms with E-state index in [2.05, 4.69) is 0 Å². The molecule has 1 aromatic heterocycles. The van der Waals surface area contributed by atoms with Crippen LogP contribution in [0.2, 0.25) is 0 Å². The van der Waals surface area contributed by atoms with Gasteiger partial charge in [-0.3, -0.25) is 23.5 Å². The van der Waals surface area contributed by atoms with Gasteiger partial charge in [-0.05, 0) is 18.1 Å². The molecule has 1 heterocycles. The summed E-state index contributed by atoms with van der Waals surface area (Å²) in [5, 5.41) is 0. The van der Waals surface area contributed by atoms with E-state index in [4.69, 9.17) is 10.5 Å². The molecule has 0 fully saturated rings. The molecule has 0 atom stereocenters. The average Bonchev–Trinajstić information content (AvgIpc) is 2.68. The molecular weight excluding hydrogens is 407 g/mol. The number of ether oxygens (including phenoxy) is 1. The Morgan fingerprint density at radius 1 is 1.20 bits per heavy atom. The van der Waals surface area contributed by atoms with Gasteiger partial charge in [-0.2, -0.15) is 13.2 Å². The van der Waals surface area contributed by atoms with Gasteiger partial charge in [-0.1, -0.05) is 25.1 Å². The monoisotopic (exact) mass is 427 g/mol. The molecule has 0 aliphatic rings. The number of halogens is 3. The number of hydrogen-bond acceptors (Lipinski definition) is 6. The summed E-state index contributed by atoms with van der Waals surface area (Å²) in [6, 6.07) is 4.13. The Labute approximate surface area is 168 Å². The number of esters is 1. The van der Waals surface area contributed by atoms with Crippen molar-refractivity contribution in [3.63, 3.8) is 0 Å². The number of nitrogen functional groups attached to an aromatic ring is 1. The zero-order chi connectivity index (χ0) is 22.6. The number of nitrogens with zero attached hydrogens (tertiary/aromatic N) is 2. The summed E-state index contributed by atoms with van der Waals surface area (Å²) in [7, 11) is 1.19. The fourth-order valence-corrected chi connectivity index (χ4v) is 2.78. The van der Waals surface area contributed by atoms with Gasteiger partial charge < -0.3 is 10.5 Å². The molecule has 0 bridgehead atoms. The third kappa shape index (κ3) is 4.97. The molecular formula is C19H20F3N3O5. The van der Waals surface area contributed by atoms with Crippen molar-refractivity contribution < 1.29 is 27.5 Å². The minimum Gasteiger partial charge on any atom is -0.457 e. The average molecular weight is 427 g/mol. The second-order valence-electron chi connectivity index (χ2n) is 6.52. The lowest BCUT2D eigenvalue weighted by molar-refractivity contribution is -0.142. The highest BCUT2D eigenvalue weighted by atomic mass is 19.4. The first-order chi connectivity index (χ1) is 14.0. The number of Topliss-reactive ketones (excluding diaryl/α,β-unsaturated/α-hetero) is 1. The van der Waals surface area contributed by atoms with Crippen LogP contribution in [-0.2, 0) is 35.7 Å². The van der Waals surface area contributed by atoms with Crippen molar-refractivity contribution >= 4 is 17.6 Å². The largest absolute Gasteiger partial charge is 0.457 e. The van der Waals surface area contributed by atoms with E-state index in [0.29, 0.717) is 6.42 Å². The van der Waals surface area contributed by atoms with Gasteiger partial charge in [0, 0.05) is 13.6 Å². The summed E-state index contributed by atoms with van der Waals surface area (Å²) in [5.41, 5.74) is 2.84. The van der Waals surface area contributed by atoms with Crippen molar-refractivity contribution in [2.45, 2.75) is 32.5 Å². The summed E-state index contributed by atoms with van der Waals surface area (Å²) in [6.07, 6.45) is -4.54. The quantitative estimate of drug-likeness (QED) is 0.530. The third-order valence-corrected chi connectivity index (χ3v) is 4.28. The number of benzene rings is 1. The van der Waals surface area contributed by atoms with Gasteiger partial charge in [-0.25, -0.2) is 4.79 Å². The third-order valence-electron chi connectivity index (χ3n) is 4.28. The number of alkyl halides is 3. The Hall–Kier alpha value is -3.37. The van der Waals surface area contributed by atoms with Crippen LogP contribution in [-0.4, -0.2) is 27.5 Å². The Bertz CT molecular complexity index is 1090. The highest BCUT2D eigenvalue weighted by Gasteiger charge is 2.30. The number of rotatable bonds is 7. The highest BCUT2D eigenvalue weighted by Crippen LogP contribution is 2.29. The first kappa shape index (κ1) is 22.9. The molecule has 30 heavy (non-hydrogen) atoms. The minimum atomic E-state index is -4.56. The van der Waals surface area contributed by atoms with Crippen LogP contribution in [0.25, 0.3) is 0 Å². The van der Waals surface area contributed by atoms with Crippen molar-refractivity contribution in [2.75, 3.05) is 12.3 Å². The van der Waals surface area contributed by atoms with E-state index in [1.165, 1.54) is 13.1 Å². The standard InChI is InChI=1S/C19H20F3N3O5/c1-3-7-25-16(23)15(17(28)24(2)18(25)29)13(26)10-30-14(27)9-11-5-4-6-12(8-11)19(20,21)22/h4-6,8H,3,7,9-10,23H2,1-2H3. The van der Waals surface area contributed by atoms with E-state index in [-0.39, 0.29) is 17.9 Å². The lowest BCUT2D eigenvalue weighted by Crippen LogP contribution is -2.43. The van der Waals surface area contributed by atoms with Crippen LogP contribution in [0.15, 0.2) is 33.9 Å². The molecule has 0 radical (unpaired) electrons. The van der Waals surface area contributed by atoms with E-state index < -0.39 is 53.3 Å². The van der Waals surface area contributed by atoms with Crippen LogP contribution in [0, 0.1) is 0 Å². The summed E-state index contributed by atoms with van der Waals surface area (Å²) < 4.78 is 44.8. The number of nitrogens with two attached hydrogens (primary N) is 1. The van der Waals surface area contributed by atoms with E-state index in [1.54, 1.807) is 6.92 Å². The first-order valence-corrected chi connectivity index (χ1v) is 8.91. The molecule has 0 saturated heterocycles. The topological polar surface area (TPSA) is 113 Å². The number of carbonyl (C=O) groups is 2. The molecule has 162 valence electrons. The van der Waals surface area contributed by atoms with E-state index in [1.807, 2.05) is 0 Å². The maximum absolute atomic E-state index is 12.7. The fraction of sp³-hybridized carbons (Fsp3) is 0.368. The number of carbonyl (C=O) groups excluding carboxylic acids is 2. The van der Waals surface area contributed by atoms with Gasteiger partial charge in [0.15, 0.2) is 6.61 Å². The zero-order valence-corrected chi connectivity index (χ0v) is 16.3. The van der Waals surface area contributed by atoms with Crippen LogP contribution in [0.3, 0.4) is 0 Å². The fourth-order valence-electron chi connectivity index (χ4n) is 2.78. The van der Waals surface area contributed by atoms with Crippen LogP contribution in [0.5, 0.6) is 0 Å². The Morgan fingerprint density at radius 2 is 1.87 bits per heavy atom. The van der Waals surface area contributed by atoms with Gasteiger partial charge in [0.25, 0.3) is 5.56 Å². The SMILES string of the molecule is CCCn1c(N)c(C(=O)COC(=O)Cc2cccc(C(F)(F)F)c2)c(=O)n(C)c1=O. The summed E-state index contributed by atoms with van der Waals surface area (Å²) in [6.45, 7) is 1.10. The van der Waals surface area contributed by atoms with Crippen molar-refractivity contribution in [1.29, 1.82) is 0 Å². The second-order valence-corrected chi connectivity index (χ2v) is 6.52. The molecule has 11 heteroatoms. The molecule has 0 saturated carbocycles. The molecule has 2 N–H and O–H groups in total. The number of hydrogen-bond donors (Lipinski definition) is 1. The Kier molecular flexibility index (Phi) is 6.85. The Balaban J connectivity index is 2.16. The lowest BCUT2D eigenvalue weighted by Gasteiger charge is -2.14. The molecule has 0 aliphatic heterocycles. The van der Waals surface area contributed by atoms with Crippen molar-refractivity contribution in [2.24, 2.45) is 7.05 Å². The van der Waals surface area contributed by atoms with Gasteiger partial charge >= 0.3 is 17.8 Å². The highest BCUT2D eigenvalue weighted by molar-refractivity contribution is 6.01. The molecule has 0 spiro atoms. The van der Waals surface area contributed by atoms with Crippen molar-refractivity contribution in [3.05, 3.63) is 61.8 Å². The predicted molar refractivity (Wildman–Crippen MR) is 101 cm³/mol. The van der Waals surface area contributed by atoms with Crippen molar-refractivity contribution in [3.8, 4) is 0 Å². The molecule has 0 unspecified atom stereocenters. The summed E-state index contributed by atoms with van der Waals surface area (Å²) in [4.78, 5) is 48.7. The molecule has 8 nitrogen and oxygen atoms in total. The number of anilines is 1. The van der Waals surface area contributed by atoms with Crippen LogP contribution >= 0.6 is 0 Å². The smallest absolute Gasteiger partial charge is 0.416 e. The number of aromatic nitrogens is 2. The molecule has 0 amide bonds. The maximum Gasteiger partial charge on any atom is 0.416 e. The first-order valence-electron chi connectivity index (χ1n) is 8.91. The molecule has 1 aromatic carbocycles. The minimum absolute atomic E-state index is 0.0502. The number of ketones is 1. The summed E-state index contributed by atoms with van der Waals surface area (Å²) in [5.74, 6) is -2.21. The van der Waals surface area contributed by atoms with Crippen LogP contribution in [0.4, 0.5) is 19.0 Å². The zero-order valence-electron chi connectivity index (χ0n) is 16.3. The van der Waals surface area contributed by atoms with Crippen LogP contribution < -0.4 is 17.0 Å². The van der Waals surface area contributed by atoms with Crippen LogP contribution in [0.1, 0.15) is 34.8 Å². The van der Waals surface area contributed by atoms with E-state index in [9.17, 15) is 32.3 Å². The van der Waals surface area contributed by atoms with E-state index >= 15 is 0 Å². The molecule has 0 aliphatic carbocycles. The summed E-state index contributed by atoms with van der Waals surface area (Å²) >= 11 is 0.